The zero-order valence-corrected chi connectivity index (χ0v) is 9.48. The number of hydrogen-bond donors (Lipinski definition) is 2. The summed E-state index contributed by atoms with van der Waals surface area (Å²) >= 11 is 0. The predicted octanol–water partition coefficient (Wildman–Crippen LogP) is 0.0633. The van der Waals surface area contributed by atoms with E-state index in [9.17, 15) is 0 Å². The normalized spacial score (nSPS) is 3.43. The summed E-state index contributed by atoms with van der Waals surface area (Å²) in [4.78, 5) is 8.56. The van der Waals surface area contributed by atoms with Gasteiger partial charge in [0.25, 0.3) is 0 Å². The third-order valence-corrected chi connectivity index (χ3v) is 0. The molecule has 0 saturated heterocycles. The summed E-state index contributed by atoms with van der Waals surface area (Å²) in [6, 6.07) is 0. The summed E-state index contributed by atoms with van der Waals surface area (Å²) in [6.45, 7) is 0. The molecule has 0 aromatic carbocycles. The van der Waals surface area contributed by atoms with Crippen LogP contribution in [-0.2, 0) is 0 Å². The fraction of sp³-hybridized carbons (Fsp3) is 0. The Balaban J connectivity index is -0.00000000214. The number of rotatable bonds is 0. The van der Waals surface area contributed by atoms with E-state index in [2.05, 4.69) is 0 Å². The minimum Gasteiger partial charge on any atom is -1.00 e. The van der Waals surface area contributed by atoms with E-state index in [0.29, 0.717) is 0 Å². The van der Waals surface area contributed by atoms with E-state index < -0.39 is 6.16 Å². The van der Waals surface area contributed by atoms with Gasteiger partial charge < -0.3 is 15.9 Å². The van der Waals surface area contributed by atoms with Crippen molar-refractivity contribution in [3.05, 3.63) is 0 Å². The van der Waals surface area contributed by atoms with E-state index in [4.69, 9.17) is 15.0 Å². The Morgan fingerprint density at radius 1 is 1.43 bits per heavy atom. The molecule has 0 heterocycles. The van der Waals surface area contributed by atoms with Crippen LogP contribution < -0.4 is 0 Å². The van der Waals surface area contributed by atoms with Gasteiger partial charge in [-0.3, -0.25) is 4.70 Å². The van der Waals surface area contributed by atoms with Crippen LogP contribution in [0.3, 0.4) is 0 Å². The van der Waals surface area contributed by atoms with Gasteiger partial charge in [0.15, 0.2) is 0 Å². The molecule has 6 heteroatoms. The molecule has 0 unspecified atom stereocenters. The van der Waals surface area contributed by atoms with Crippen molar-refractivity contribution in [2.75, 3.05) is 0 Å². The molecule has 2 N–H and O–H groups in total. The molecule has 0 atom stereocenters. The van der Waals surface area contributed by atoms with Crippen molar-refractivity contribution in [2.45, 2.75) is 0 Å². The molecule has 0 rings (SSSR count). The SMILES string of the molecule is F.O=C(O)O.[Ba+2].[H-].[H-].[H-].[H-].[Mg+2]. The molecule has 40 valence electrons. The van der Waals surface area contributed by atoms with Gasteiger partial charge >= 0.3 is 78.1 Å². The summed E-state index contributed by atoms with van der Waals surface area (Å²) in [5, 5.41) is 13.9. The monoisotopic (exact) mass is 248 g/mol. The smallest absolute Gasteiger partial charge is 1.00 e. The molecule has 0 radical (unpaired) electrons. The summed E-state index contributed by atoms with van der Waals surface area (Å²) < 4.78 is 0. The first-order chi connectivity index (χ1) is 1.73. The van der Waals surface area contributed by atoms with Crippen LogP contribution in [0.1, 0.15) is 5.71 Å². The molecule has 0 aliphatic rings. The maximum Gasteiger partial charge on any atom is 2.00 e. The minimum absolute atomic E-state index is 0. The van der Waals surface area contributed by atoms with Crippen LogP contribution in [0, 0.1) is 0 Å². The van der Waals surface area contributed by atoms with Crippen LogP contribution in [0.15, 0.2) is 0 Å². The van der Waals surface area contributed by atoms with Gasteiger partial charge in [-0.1, -0.05) is 0 Å². The van der Waals surface area contributed by atoms with Crippen molar-refractivity contribution in [1.82, 2.24) is 0 Å². The van der Waals surface area contributed by atoms with Crippen molar-refractivity contribution < 1.29 is 25.4 Å². The fourth-order valence-corrected chi connectivity index (χ4v) is 0. The average Bonchev–Trinajstić information content (AvgIpc) is 0.811. The third kappa shape index (κ3) is 97.8. The maximum atomic E-state index is 8.56. The van der Waals surface area contributed by atoms with Gasteiger partial charge in [-0.15, -0.1) is 0 Å². The molecule has 0 aromatic rings. The van der Waals surface area contributed by atoms with Gasteiger partial charge in [-0.05, 0) is 0 Å². The minimum atomic E-state index is -1.83. The first kappa shape index (κ1) is 23.6. The average molecular weight is 248 g/mol. The Hall–Kier alpha value is 1.54. The largest absolute Gasteiger partial charge is 2.00 e. The summed E-state index contributed by atoms with van der Waals surface area (Å²) in [6.07, 6.45) is -1.83. The predicted molar refractivity (Wildman–Crippen MR) is 29.1 cm³/mol. The molecule has 3 nitrogen and oxygen atoms in total. The van der Waals surface area contributed by atoms with Gasteiger partial charge in [0.2, 0.25) is 0 Å². The van der Waals surface area contributed by atoms with Crippen LogP contribution in [0.2, 0.25) is 0 Å². The Morgan fingerprint density at radius 3 is 1.43 bits per heavy atom. The van der Waals surface area contributed by atoms with Gasteiger partial charge in [0.1, 0.15) is 0 Å². The molecule has 0 aliphatic heterocycles. The van der Waals surface area contributed by atoms with Crippen LogP contribution >= 0.6 is 0 Å². The molecule has 0 aromatic heterocycles. The topological polar surface area (TPSA) is 57.5 Å². The molecule has 0 aliphatic carbocycles. The fourth-order valence-electron chi connectivity index (χ4n) is 0. The van der Waals surface area contributed by atoms with Gasteiger partial charge in [-0.25, -0.2) is 4.79 Å². The molecule has 0 saturated carbocycles. The molecular weight excluding hydrogens is 241 g/mol. The Morgan fingerprint density at radius 2 is 1.43 bits per heavy atom. The zero-order valence-electron chi connectivity index (χ0n) is 7.63. The second kappa shape index (κ2) is 15.6. The number of carboxylic acid groups (broad SMARTS) is 2. The van der Waals surface area contributed by atoms with Crippen LogP contribution in [0.5, 0.6) is 0 Å². The van der Waals surface area contributed by atoms with E-state index in [1.807, 2.05) is 0 Å². The molecule has 0 bridgehead atoms. The molecular formula is CH7BaFMgO3. The molecule has 0 spiro atoms. The van der Waals surface area contributed by atoms with Crippen molar-refractivity contribution in [1.29, 1.82) is 0 Å². The molecule has 0 amide bonds. The Kier molecular flexibility index (Phi) is 52.7. The molecule has 7 heavy (non-hydrogen) atoms. The van der Waals surface area contributed by atoms with E-state index >= 15 is 0 Å². The van der Waals surface area contributed by atoms with Gasteiger partial charge in [0, 0.05) is 0 Å². The second-order valence-corrected chi connectivity index (χ2v) is 0.283. The quantitative estimate of drug-likeness (QED) is 0.596. The van der Waals surface area contributed by atoms with E-state index in [0.717, 1.165) is 0 Å². The summed E-state index contributed by atoms with van der Waals surface area (Å²) in [5.74, 6) is 0. The maximum absolute atomic E-state index is 8.56. The van der Waals surface area contributed by atoms with Crippen LogP contribution in [0.4, 0.5) is 9.50 Å². The number of carbonyl (C=O) groups is 1. The molecule has 0 fully saturated rings. The van der Waals surface area contributed by atoms with Crippen molar-refractivity contribution >= 4 is 78.1 Å². The summed E-state index contributed by atoms with van der Waals surface area (Å²) in [7, 11) is 0. The zero-order chi connectivity index (χ0) is 3.58. The Bertz CT molecular complexity index is 48.3. The van der Waals surface area contributed by atoms with Crippen molar-refractivity contribution in [3.8, 4) is 0 Å². The van der Waals surface area contributed by atoms with Crippen LogP contribution in [0.25, 0.3) is 0 Å². The standard InChI is InChI=1S/CH2O3.Ba.FH.Mg.4H/c2-1(3)4;;;;;;;/h(H2,2,3,4);;1H;;;;;/q;+2;;+2;4*-1. The van der Waals surface area contributed by atoms with Crippen molar-refractivity contribution in [3.63, 3.8) is 0 Å². The first-order valence-electron chi connectivity index (χ1n) is 0.651. The van der Waals surface area contributed by atoms with E-state index in [1.165, 1.54) is 0 Å². The van der Waals surface area contributed by atoms with E-state index in [-0.39, 0.29) is 82.3 Å². The number of halogens is 1. The van der Waals surface area contributed by atoms with Gasteiger partial charge in [-0.2, -0.15) is 0 Å². The van der Waals surface area contributed by atoms with Crippen molar-refractivity contribution in [2.24, 2.45) is 0 Å². The summed E-state index contributed by atoms with van der Waals surface area (Å²) in [5.41, 5.74) is 0. The first-order valence-corrected chi connectivity index (χ1v) is 0.651. The number of hydrogen-bond acceptors (Lipinski definition) is 1. The van der Waals surface area contributed by atoms with E-state index in [1.54, 1.807) is 0 Å². The Labute approximate surface area is 102 Å². The second-order valence-electron chi connectivity index (χ2n) is 0.283. The van der Waals surface area contributed by atoms with Gasteiger partial charge in [0.05, 0.1) is 0 Å². The van der Waals surface area contributed by atoms with Crippen LogP contribution in [-0.4, -0.2) is 88.3 Å². The third-order valence-electron chi connectivity index (χ3n) is 0.